The van der Waals surface area contributed by atoms with Crippen molar-refractivity contribution in [2.75, 3.05) is 6.54 Å². The van der Waals surface area contributed by atoms with Gasteiger partial charge >= 0.3 is 0 Å². The van der Waals surface area contributed by atoms with Crippen LogP contribution in [0.5, 0.6) is 0 Å². The normalized spacial score (nSPS) is 16.5. The molecular formula is C11H14N4O. The third kappa shape index (κ3) is 2.06. The SMILES string of the molecule is Cc1cnn(CCNC(=O)C2(C#N)CC2)c1. The van der Waals surface area contributed by atoms with Crippen LogP contribution in [0, 0.1) is 23.7 Å². The Bertz CT molecular complexity index is 439. The number of rotatable bonds is 4. The number of nitrogens with zero attached hydrogens (tertiary/aromatic N) is 3. The predicted molar refractivity (Wildman–Crippen MR) is 57.3 cm³/mol. The molecule has 1 aliphatic carbocycles. The molecule has 0 aliphatic heterocycles. The number of aromatic nitrogens is 2. The fourth-order valence-electron chi connectivity index (χ4n) is 1.56. The standard InChI is InChI=1S/C11H14N4O/c1-9-6-14-15(7-9)5-4-13-10(16)11(8-12)2-3-11/h6-7H,2-5H2,1H3,(H,13,16). The van der Waals surface area contributed by atoms with E-state index in [1.54, 1.807) is 10.9 Å². The van der Waals surface area contributed by atoms with Crippen molar-refractivity contribution in [3.8, 4) is 6.07 Å². The molecule has 2 rings (SSSR count). The largest absolute Gasteiger partial charge is 0.353 e. The molecule has 84 valence electrons. The van der Waals surface area contributed by atoms with Gasteiger partial charge in [0.15, 0.2) is 0 Å². The topological polar surface area (TPSA) is 70.7 Å². The maximum Gasteiger partial charge on any atom is 0.240 e. The average Bonchev–Trinajstić information content (AvgIpc) is 2.98. The van der Waals surface area contributed by atoms with Gasteiger partial charge in [0.2, 0.25) is 5.91 Å². The van der Waals surface area contributed by atoms with E-state index in [-0.39, 0.29) is 5.91 Å². The number of hydrogen-bond acceptors (Lipinski definition) is 3. The smallest absolute Gasteiger partial charge is 0.240 e. The summed E-state index contributed by atoms with van der Waals surface area (Å²) in [5.74, 6) is -0.140. The van der Waals surface area contributed by atoms with Gasteiger partial charge in [0.1, 0.15) is 5.41 Å². The summed E-state index contributed by atoms with van der Waals surface area (Å²) >= 11 is 0. The van der Waals surface area contributed by atoms with Crippen molar-refractivity contribution in [3.63, 3.8) is 0 Å². The van der Waals surface area contributed by atoms with Crippen LogP contribution < -0.4 is 5.32 Å². The molecule has 1 saturated carbocycles. The first kappa shape index (κ1) is 10.7. The van der Waals surface area contributed by atoms with Crippen LogP contribution in [0.15, 0.2) is 12.4 Å². The van der Waals surface area contributed by atoms with E-state index in [0.717, 1.165) is 5.56 Å². The molecule has 0 unspecified atom stereocenters. The van der Waals surface area contributed by atoms with Crippen LogP contribution in [0.3, 0.4) is 0 Å². The molecule has 0 atom stereocenters. The number of nitriles is 1. The Labute approximate surface area is 94.1 Å². The first-order valence-electron chi connectivity index (χ1n) is 5.35. The molecule has 16 heavy (non-hydrogen) atoms. The Hall–Kier alpha value is -1.83. The van der Waals surface area contributed by atoms with Gasteiger partial charge in [-0.05, 0) is 25.3 Å². The maximum atomic E-state index is 11.6. The minimum Gasteiger partial charge on any atom is -0.353 e. The summed E-state index contributed by atoms with van der Waals surface area (Å²) in [6, 6.07) is 2.07. The fourth-order valence-corrected chi connectivity index (χ4v) is 1.56. The molecule has 1 amide bonds. The van der Waals surface area contributed by atoms with Crippen molar-refractivity contribution < 1.29 is 4.79 Å². The summed E-state index contributed by atoms with van der Waals surface area (Å²) in [5.41, 5.74) is 0.377. The zero-order chi connectivity index (χ0) is 11.6. The van der Waals surface area contributed by atoms with Gasteiger partial charge in [-0.15, -0.1) is 0 Å². The number of carbonyl (C=O) groups is 1. The summed E-state index contributed by atoms with van der Waals surface area (Å²) in [6.07, 6.45) is 5.08. The number of hydrogen-bond donors (Lipinski definition) is 1. The van der Waals surface area contributed by atoms with Gasteiger partial charge in [-0.3, -0.25) is 9.48 Å². The van der Waals surface area contributed by atoms with E-state index in [0.29, 0.717) is 25.9 Å². The van der Waals surface area contributed by atoms with Crippen molar-refractivity contribution in [2.45, 2.75) is 26.3 Å². The monoisotopic (exact) mass is 218 g/mol. The van der Waals surface area contributed by atoms with Crippen LogP contribution in [0.1, 0.15) is 18.4 Å². The molecule has 1 N–H and O–H groups in total. The van der Waals surface area contributed by atoms with E-state index in [1.165, 1.54) is 0 Å². The second kappa shape index (κ2) is 3.97. The molecule has 0 spiro atoms. The minimum atomic E-state index is -0.722. The van der Waals surface area contributed by atoms with Gasteiger partial charge < -0.3 is 5.32 Å². The molecule has 1 aromatic heterocycles. The lowest BCUT2D eigenvalue weighted by Crippen LogP contribution is -2.33. The number of aryl methyl sites for hydroxylation is 1. The Morgan fingerprint density at radius 3 is 3.00 bits per heavy atom. The molecule has 0 bridgehead atoms. The third-order valence-electron chi connectivity index (χ3n) is 2.79. The zero-order valence-electron chi connectivity index (χ0n) is 9.23. The molecule has 0 aromatic carbocycles. The molecule has 1 fully saturated rings. The summed E-state index contributed by atoms with van der Waals surface area (Å²) < 4.78 is 1.78. The van der Waals surface area contributed by atoms with Crippen molar-refractivity contribution >= 4 is 5.91 Å². The highest BCUT2D eigenvalue weighted by molar-refractivity contribution is 5.88. The molecule has 1 heterocycles. The van der Waals surface area contributed by atoms with Crippen LogP contribution in [0.25, 0.3) is 0 Å². The third-order valence-corrected chi connectivity index (χ3v) is 2.79. The van der Waals surface area contributed by atoms with E-state index >= 15 is 0 Å². The van der Waals surface area contributed by atoms with Crippen LogP contribution in [0.2, 0.25) is 0 Å². The Morgan fingerprint density at radius 2 is 2.50 bits per heavy atom. The number of amides is 1. The quantitative estimate of drug-likeness (QED) is 0.805. The number of nitrogens with one attached hydrogen (secondary N) is 1. The predicted octanol–water partition coefficient (Wildman–Crippen LogP) is 0.611. The molecule has 5 heteroatoms. The highest BCUT2D eigenvalue weighted by atomic mass is 16.2. The fraction of sp³-hybridized carbons (Fsp3) is 0.545. The van der Waals surface area contributed by atoms with Gasteiger partial charge in [0.25, 0.3) is 0 Å². The summed E-state index contributed by atoms with van der Waals surface area (Å²) in [6.45, 7) is 3.13. The number of carbonyl (C=O) groups excluding carboxylic acids is 1. The van der Waals surface area contributed by atoms with Crippen LogP contribution in [0.4, 0.5) is 0 Å². The summed E-state index contributed by atoms with van der Waals surface area (Å²) in [4.78, 5) is 11.6. The Kier molecular flexibility index (Phi) is 2.65. The van der Waals surface area contributed by atoms with E-state index in [4.69, 9.17) is 5.26 Å². The minimum absolute atomic E-state index is 0.140. The second-order valence-electron chi connectivity index (χ2n) is 4.23. The lowest BCUT2D eigenvalue weighted by molar-refractivity contribution is -0.124. The van der Waals surface area contributed by atoms with Crippen molar-refractivity contribution in [3.05, 3.63) is 18.0 Å². The van der Waals surface area contributed by atoms with Crippen LogP contribution in [-0.2, 0) is 11.3 Å². The lowest BCUT2D eigenvalue weighted by atomic mass is 10.1. The summed E-state index contributed by atoms with van der Waals surface area (Å²) in [7, 11) is 0. The summed E-state index contributed by atoms with van der Waals surface area (Å²) in [5, 5.41) is 15.7. The van der Waals surface area contributed by atoms with Crippen LogP contribution in [-0.4, -0.2) is 22.2 Å². The molecular weight excluding hydrogens is 204 g/mol. The van der Waals surface area contributed by atoms with Crippen molar-refractivity contribution in [2.24, 2.45) is 5.41 Å². The molecule has 0 saturated heterocycles. The van der Waals surface area contributed by atoms with Crippen molar-refractivity contribution in [1.82, 2.24) is 15.1 Å². The maximum absolute atomic E-state index is 11.6. The van der Waals surface area contributed by atoms with E-state index < -0.39 is 5.41 Å². The Morgan fingerprint density at radius 1 is 1.75 bits per heavy atom. The highest BCUT2D eigenvalue weighted by Gasteiger charge is 2.50. The van der Waals surface area contributed by atoms with E-state index in [1.807, 2.05) is 13.1 Å². The highest BCUT2D eigenvalue weighted by Crippen LogP contribution is 2.44. The Balaban J connectivity index is 1.77. The van der Waals surface area contributed by atoms with E-state index in [9.17, 15) is 4.79 Å². The van der Waals surface area contributed by atoms with Crippen LogP contribution >= 0.6 is 0 Å². The second-order valence-corrected chi connectivity index (χ2v) is 4.23. The zero-order valence-corrected chi connectivity index (χ0v) is 9.23. The molecule has 5 nitrogen and oxygen atoms in total. The van der Waals surface area contributed by atoms with Gasteiger partial charge in [0, 0.05) is 12.7 Å². The first-order chi connectivity index (χ1) is 7.66. The van der Waals surface area contributed by atoms with Crippen molar-refractivity contribution in [1.29, 1.82) is 5.26 Å². The van der Waals surface area contributed by atoms with Gasteiger partial charge in [-0.2, -0.15) is 10.4 Å². The van der Waals surface area contributed by atoms with E-state index in [2.05, 4.69) is 16.5 Å². The first-order valence-corrected chi connectivity index (χ1v) is 5.35. The van der Waals surface area contributed by atoms with Gasteiger partial charge in [-0.25, -0.2) is 0 Å². The molecule has 1 aromatic rings. The lowest BCUT2D eigenvalue weighted by Gasteiger charge is -2.07. The van der Waals surface area contributed by atoms with Gasteiger partial charge in [-0.1, -0.05) is 0 Å². The van der Waals surface area contributed by atoms with Gasteiger partial charge in [0.05, 0.1) is 18.8 Å². The average molecular weight is 218 g/mol. The molecule has 0 radical (unpaired) electrons. The molecule has 1 aliphatic rings.